The second kappa shape index (κ2) is 7.40. The molecular formula is C20H17ClN3S-. The lowest BCUT2D eigenvalue weighted by atomic mass is 10.1. The maximum Gasteiger partial charge on any atom is 0.0654 e. The molecule has 0 spiro atoms. The molecule has 2 aliphatic rings. The molecule has 0 aromatic heterocycles. The molecule has 0 aliphatic carbocycles. The second-order valence-electron chi connectivity index (χ2n) is 5.87. The molecule has 2 atom stereocenters. The summed E-state index contributed by atoms with van der Waals surface area (Å²) >= 11 is 7.90. The number of hydrazone groups is 1. The average molecular weight is 367 g/mol. The largest absolute Gasteiger partial charge is 0.439 e. The van der Waals surface area contributed by atoms with Crippen LogP contribution in [0.5, 0.6) is 0 Å². The van der Waals surface area contributed by atoms with Crippen molar-refractivity contribution in [2.45, 2.75) is 22.7 Å². The van der Waals surface area contributed by atoms with E-state index >= 15 is 0 Å². The third kappa shape index (κ3) is 3.62. The Morgan fingerprint density at radius 3 is 2.84 bits per heavy atom. The predicted molar refractivity (Wildman–Crippen MR) is 106 cm³/mol. The van der Waals surface area contributed by atoms with E-state index in [0.717, 1.165) is 18.5 Å². The molecule has 0 saturated heterocycles. The van der Waals surface area contributed by atoms with E-state index in [1.165, 1.54) is 10.5 Å². The molecule has 0 fully saturated rings. The highest BCUT2D eigenvalue weighted by Gasteiger charge is 2.34. The topological polar surface area (TPSA) is 29.7 Å². The van der Waals surface area contributed by atoms with Crippen molar-refractivity contribution in [3.8, 4) is 0 Å². The molecule has 0 saturated carbocycles. The minimum Gasteiger partial charge on any atom is -0.439 e. The van der Waals surface area contributed by atoms with Crippen molar-refractivity contribution in [3.63, 3.8) is 0 Å². The number of fused-ring (bicyclic) bond motifs is 3. The highest BCUT2D eigenvalue weighted by Crippen LogP contribution is 2.51. The maximum atomic E-state index is 6.14. The van der Waals surface area contributed by atoms with Crippen molar-refractivity contribution >= 4 is 34.7 Å². The molecule has 3 nitrogen and oxygen atoms in total. The monoisotopic (exact) mass is 366 g/mol. The third-order valence-corrected chi connectivity index (χ3v) is 5.59. The van der Waals surface area contributed by atoms with Gasteiger partial charge >= 0.3 is 0 Å². The quantitative estimate of drug-likeness (QED) is 0.519. The van der Waals surface area contributed by atoms with Gasteiger partial charge in [0, 0.05) is 22.1 Å². The van der Waals surface area contributed by atoms with E-state index < -0.39 is 0 Å². The van der Waals surface area contributed by atoms with Crippen LogP contribution in [-0.2, 0) is 0 Å². The van der Waals surface area contributed by atoms with Gasteiger partial charge in [0.1, 0.15) is 0 Å². The molecule has 2 aromatic rings. The van der Waals surface area contributed by atoms with E-state index in [-0.39, 0.29) is 11.4 Å². The summed E-state index contributed by atoms with van der Waals surface area (Å²) in [5.74, 6) is 0. The van der Waals surface area contributed by atoms with E-state index in [9.17, 15) is 0 Å². The molecule has 25 heavy (non-hydrogen) atoms. The van der Waals surface area contributed by atoms with Crippen LogP contribution in [0, 0.1) is 0 Å². The van der Waals surface area contributed by atoms with Crippen LogP contribution in [0.3, 0.4) is 0 Å². The number of benzene rings is 2. The van der Waals surface area contributed by atoms with Crippen molar-refractivity contribution in [2.75, 3.05) is 6.54 Å². The molecule has 2 unspecified atom stereocenters. The van der Waals surface area contributed by atoms with Gasteiger partial charge in [0.15, 0.2) is 0 Å². The molecule has 5 heteroatoms. The van der Waals surface area contributed by atoms with Crippen LogP contribution in [0.15, 0.2) is 76.4 Å². The lowest BCUT2D eigenvalue weighted by Crippen LogP contribution is -2.34. The number of thioether (sulfide) groups is 1. The van der Waals surface area contributed by atoms with Crippen LogP contribution in [0.2, 0.25) is 0 Å². The molecule has 0 radical (unpaired) electrons. The lowest BCUT2D eigenvalue weighted by Gasteiger charge is -2.43. The highest BCUT2D eigenvalue weighted by molar-refractivity contribution is 8.00. The maximum absolute atomic E-state index is 6.14. The van der Waals surface area contributed by atoms with Gasteiger partial charge in [-0.3, -0.25) is 0 Å². The predicted octanol–water partition coefficient (Wildman–Crippen LogP) is 5.62. The van der Waals surface area contributed by atoms with Crippen molar-refractivity contribution < 1.29 is 0 Å². The minimum atomic E-state index is 0.0891. The summed E-state index contributed by atoms with van der Waals surface area (Å²) in [5.41, 5.74) is 5.69. The van der Waals surface area contributed by atoms with Crippen molar-refractivity contribution in [3.05, 3.63) is 82.8 Å². The first-order valence-corrected chi connectivity index (χ1v) is 9.50. The fourth-order valence-electron chi connectivity index (χ4n) is 3.06. The molecule has 2 aliphatic heterocycles. The van der Waals surface area contributed by atoms with Gasteiger partial charge in [-0.2, -0.15) is 0 Å². The Morgan fingerprint density at radius 1 is 1.16 bits per heavy atom. The Morgan fingerprint density at radius 2 is 1.96 bits per heavy atom. The molecule has 0 N–H and O–H groups in total. The molecule has 2 heterocycles. The van der Waals surface area contributed by atoms with Crippen LogP contribution in [-0.4, -0.2) is 22.2 Å². The Hall–Kier alpha value is -2.13. The summed E-state index contributed by atoms with van der Waals surface area (Å²) in [5, 5.41) is 11.5. The van der Waals surface area contributed by atoms with Gasteiger partial charge in [-0.25, -0.2) is 0 Å². The van der Waals surface area contributed by atoms with Gasteiger partial charge in [-0.05, 0) is 35.8 Å². The zero-order valence-electron chi connectivity index (χ0n) is 13.5. The Labute approximate surface area is 157 Å². The Kier molecular flexibility index (Phi) is 4.84. The summed E-state index contributed by atoms with van der Waals surface area (Å²) in [6, 6.07) is 18.8. The van der Waals surface area contributed by atoms with Gasteiger partial charge < -0.3 is 15.4 Å². The first-order chi connectivity index (χ1) is 12.3. The summed E-state index contributed by atoms with van der Waals surface area (Å²) in [6.07, 6.45) is 4.89. The standard InChI is InChI=1S/C20H17ClN3S/c21-20-22-19-18(16-12-6-7-13-17(16)25-19)24(23-20)14-8-2-5-11-15-9-3-1-4-10-15/h1-4,6-7,9-13,18-19H,8,14H2/q-1. The van der Waals surface area contributed by atoms with E-state index in [1.54, 1.807) is 11.8 Å². The van der Waals surface area contributed by atoms with Crippen molar-refractivity contribution in [2.24, 2.45) is 5.10 Å². The molecule has 0 amide bonds. The van der Waals surface area contributed by atoms with Gasteiger partial charge in [0.05, 0.1) is 6.04 Å². The second-order valence-corrected chi connectivity index (χ2v) is 7.36. The van der Waals surface area contributed by atoms with Gasteiger partial charge in [-0.1, -0.05) is 60.1 Å². The van der Waals surface area contributed by atoms with Gasteiger partial charge in [0.2, 0.25) is 0 Å². The van der Waals surface area contributed by atoms with Crippen molar-refractivity contribution in [1.82, 2.24) is 5.01 Å². The van der Waals surface area contributed by atoms with E-state index in [2.05, 4.69) is 57.6 Å². The first kappa shape index (κ1) is 16.3. The highest BCUT2D eigenvalue weighted by atomic mass is 35.5. The number of hydrogen-bond acceptors (Lipinski definition) is 3. The van der Waals surface area contributed by atoms with Gasteiger partial charge in [0.25, 0.3) is 0 Å². The van der Waals surface area contributed by atoms with Crippen LogP contribution < -0.4 is 0 Å². The summed E-state index contributed by atoms with van der Waals surface area (Å²) < 4.78 is 0. The lowest BCUT2D eigenvalue weighted by molar-refractivity contribution is 0.209. The molecule has 126 valence electrons. The fourth-order valence-corrected chi connectivity index (χ4v) is 4.63. The number of hydrogen-bond donors (Lipinski definition) is 0. The number of amidine groups is 1. The number of nitrogens with zero attached hydrogens (tertiary/aromatic N) is 3. The van der Waals surface area contributed by atoms with Crippen LogP contribution in [0.4, 0.5) is 0 Å². The van der Waals surface area contributed by atoms with Gasteiger partial charge in [-0.15, -0.1) is 17.5 Å². The normalized spacial score (nSPS) is 20.7. The molecule has 0 bridgehead atoms. The first-order valence-electron chi connectivity index (χ1n) is 8.24. The van der Waals surface area contributed by atoms with Crippen LogP contribution >= 0.6 is 23.4 Å². The van der Waals surface area contributed by atoms with E-state index in [4.69, 9.17) is 11.6 Å². The smallest absolute Gasteiger partial charge is 0.0654 e. The van der Waals surface area contributed by atoms with E-state index in [0.29, 0.717) is 5.29 Å². The Bertz CT molecular complexity index is 843. The van der Waals surface area contributed by atoms with Crippen LogP contribution in [0.1, 0.15) is 23.6 Å². The zero-order chi connectivity index (χ0) is 17.1. The molecular weight excluding hydrogens is 350 g/mol. The number of rotatable bonds is 4. The summed E-state index contributed by atoms with van der Waals surface area (Å²) in [4.78, 5) is 1.27. The van der Waals surface area contributed by atoms with Crippen LogP contribution in [0.25, 0.3) is 11.4 Å². The van der Waals surface area contributed by atoms with Crippen molar-refractivity contribution in [1.29, 1.82) is 0 Å². The fraction of sp³-hybridized carbons (Fsp3) is 0.200. The minimum absolute atomic E-state index is 0.0891. The SMILES string of the molecule is ClC1=NN(CCC=C=Cc2ccccc2)C2c3ccccc3SC2[N-]1. The zero-order valence-corrected chi connectivity index (χ0v) is 15.1. The summed E-state index contributed by atoms with van der Waals surface area (Å²) in [7, 11) is 0. The van der Waals surface area contributed by atoms with E-state index in [1.807, 2.05) is 30.4 Å². The summed E-state index contributed by atoms with van der Waals surface area (Å²) in [6.45, 7) is 0.789. The number of halogens is 1. The average Bonchev–Trinajstić information content (AvgIpc) is 3.00. The molecule has 2 aromatic carbocycles. The third-order valence-electron chi connectivity index (χ3n) is 4.19. The molecule has 4 rings (SSSR count). The Balaban J connectivity index is 1.46.